The maximum atomic E-state index is 13.8. The molecule has 2 atom stereocenters. The van der Waals surface area contributed by atoms with Gasteiger partial charge < -0.3 is 5.11 Å². The highest BCUT2D eigenvalue weighted by molar-refractivity contribution is 5.22. The quantitative estimate of drug-likeness (QED) is 0.870. The molecule has 1 aliphatic rings. The van der Waals surface area contributed by atoms with Gasteiger partial charge in [-0.05, 0) is 24.8 Å². The largest absolute Gasteiger partial charge is 0.396 e. The zero-order valence-electron chi connectivity index (χ0n) is 10.3. The zero-order chi connectivity index (χ0) is 12.3. The third-order valence-electron chi connectivity index (χ3n) is 3.48. The summed E-state index contributed by atoms with van der Waals surface area (Å²) < 4.78 is 13.8. The fourth-order valence-corrected chi connectivity index (χ4v) is 2.72. The van der Waals surface area contributed by atoms with Crippen LogP contribution in [0.25, 0.3) is 0 Å². The number of aliphatic hydroxyl groups excluding tert-OH is 1. The van der Waals surface area contributed by atoms with Crippen molar-refractivity contribution in [3.63, 3.8) is 0 Å². The summed E-state index contributed by atoms with van der Waals surface area (Å²) in [5, 5.41) is 8.90. The van der Waals surface area contributed by atoms with Gasteiger partial charge in [0.1, 0.15) is 5.82 Å². The molecule has 0 bridgehead atoms. The maximum Gasteiger partial charge on any atom is 0.127 e. The van der Waals surface area contributed by atoms with E-state index in [1.165, 1.54) is 6.07 Å². The number of hydrogen-bond donors (Lipinski definition) is 1. The molecular formula is C14H20FNO. The number of benzene rings is 1. The van der Waals surface area contributed by atoms with Crippen molar-refractivity contribution in [3.05, 3.63) is 35.6 Å². The second-order valence-electron chi connectivity index (χ2n) is 4.95. The molecule has 0 amide bonds. The lowest BCUT2D eigenvalue weighted by Gasteiger charge is -2.24. The van der Waals surface area contributed by atoms with Gasteiger partial charge >= 0.3 is 0 Å². The lowest BCUT2D eigenvalue weighted by molar-refractivity contribution is 0.209. The van der Waals surface area contributed by atoms with Crippen molar-refractivity contribution in [2.45, 2.75) is 25.8 Å². The molecule has 17 heavy (non-hydrogen) atoms. The molecule has 1 heterocycles. The molecule has 0 aliphatic carbocycles. The standard InChI is InChI=1S/C14H20FNO/c1-11-9-14(16(10-11)7-4-8-17)12-5-2-3-6-13(12)15/h2-3,5-6,11,14,17H,4,7-10H2,1H3. The van der Waals surface area contributed by atoms with Crippen molar-refractivity contribution < 1.29 is 9.50 Å². The molecule has 1 fully saturated rings. The summed E-state index contributed by atoms with van der Waals surface area (Å²) in [5.41, 5.74) is 0.801. The molecule has 2 nitrogen and oxygen atoms in total. The van der Waals surface area contributed by atoms with E-state index in [1.54, 1.807) is 6.07 Å². The van der Waals surface area contributed by atoms with Gasteiger partial charge in [-0.15, -0.1) is 0 Å². The average Bonchev–Trinajstić information content (AvgIpc) is 2.68. The average molecular weight is 237 g/mol. The van der Waals surface area contributed by atoms with Crippen molar-refractivity contribution in [1.29, 1.82) is 0 Å². The molecule has 0 aromatic heterocycles. The van der Waals surface area contributed by atoms with E-state index in [0.29, 0.717) is 5.92 Å². The summed E-state index contributed by atoms with van der Waals surface area (Å²) in [6.07, 6.45) is 1.77. The van der Waals surface area contributed by atoms with Gasteiger partial charge in [0, 0.05) is 31.3 Å². The highest BCUT2D eigenvalue weighted by Gasteiger charge is 2.31. The Morgan fingerprint density at radius 1 is 1.41 bits per heavy atom. The molecule has 1 aliphatic heterocycles. The van der Waals surface area contributed by atoms with Crippen LogP contribution in [-0.2, 0) is 0 Å². The Kier molecular flexibility index (Phi) is 4.13. The summed E-state index contributed by atoms with van der Waals surface area (Å²) in [7, 11) is 0. The van der Waals surface area contributed by atoms with Crippen molar-refractivity contribution in [2.75, 3.05) is 19.7 Å². The van der Waals surface area contributed by atoms with Gasteiger partial charge in [-0.1, -0.05) is 25.1 Å². The Bertz CT molecular complexity index is 369. The second-order valence-corrected chi connectivity index (χ2v) is 4.95. The van der Waals surface area contributed by atoms with Crippen LogP contribution in [0.3, 0.4) is 0 Å². The number of likely N-dealkylation sites (tertiary alicyclic amines) is 1. The van der Waals surface area contributed by atoms with E-state index in [-0.39, 0.29) is 18.5 Å². The van der Waals surface area contributed by atoms with Crippen LogP contribution in [0.1, 0.15) is 31.4 Å². The predicted molar refractivity (Wildman–Crippen MR) is 66.2 cm³/mol. The van der Waals surface area contributed by atoms with E-state index in [4.69, 9.17) is 5.11 Å². The van der Waals surface area contributed by atoms with Gasteiger partial charge in [0.15, 0.2) is 0 Å². The molecular weight excluding hydrogens is 217 g/mol. The van der Waals surface area contributed by atoms with Gasteiger partial charge in [-0.25, -0.2) is 4.39 Å². The Balaban J connectivity index is 2.15. The molecule has 1 saturated heterocycles. The second kappa shape index (κ2) is 5.61. The van der Waals surface area contributed by atoms with Gasteiger partial charge in [0.05, 0.1) is 0 Å². The van der Waals surface area contributed by atoms with Crippen LogP contribution in [0.15, 0.2) is 24.3 Å². The summed E-state index contributed by atoms with van der Waals surface area (Å²) in [4.78, 5) is 2.29. The normalized spacial score (nSPS) is 25.4. The fourth-order valence-electron chi connectivity index (χ4n) is 2.72. The van der Waals surface area contributed by atoms with E-state index in [1.807, 2.05) is 12.1 Å². The van der Waals surface area contributed by atoms with E-state index in [9.17, 15) is 4.39 Å². The lowest BCUT2D eigenvalue weighted by atomic mass is 10.0. The van der Waals surface area contributed by atoms with Crippen molar-refractivity contribution in [2.24, 2.45) is 5.92 Å². The Labute approximate surface area is 102 Å². The molecule has 3 heteroatoms. The smallest absolute Gasteiger partial charge is 0.127 e. The molecule has 2 rings (SSSR count). The summed E-state index contributed by atoms with van der Waals surface area (Å²) in [5.74, 6) is 0.485. The predicted octanol–water partition coefficient (Wildman–Crippen LogP) is 2.59. The van der Waals surface area contributed by atoms with Crippen LogP contribution in [-0.4, -0.2) is 29.7 Å². The van der Waals surface area contributed by atoms with Gasteiger partial charge in [-0.2, -0.15) is 0 Å². The van der Waals surface area contributed by atoms with Crippen LogP contribution >= 0.6 is 0 Å². The molecule has 1 aromatic rings. The molecule has 0 radical (unpaired) electrons. The van der Waals surface area contributed by atoms with Crippen LogP contribution in [0, 0.1) is 11.7 Å². The van der Waals surface area contributed by atoms with Gasteiger partial charge in [0.25, 0.3) is 0 Å². The number of nitrogens with zero attached hydrogens (tertiary/aromatic N) is 1. The number of aliphatic hydroxyl groups is 1. The zero-order valence-corrected chi connectivity index (χ0v) is 10.3. The fraction of sp³-hybridized carbons (Fsp3) is 0.571. The number of halogens is 1. The third kappa shape index (κ3) is 2.85. The van der Waals surface area contributed by atoms with Crippen LogP contribution in [0.2, 0.25) is 0 Å². The Hall–Kier alpha value is -0.930. The van der Waals surface area contributed by atoms with Crippen molar-refractivity contribution >= 4 is 0 Å². The molecule has 0 spiro atoms. The molecule has 2 unspecified atom stereocenters. The van der Waals surface area contributed by atoms with E-state index in [0.717, 1.165) is 31.5 Å². The van der Waals surface area contributed by atoms with Crippen LogP contribution < -0.4 is 0 Å². The molecule has 1 aromatic carbocycles. The summed E-state index contributed by atoms with van der Waals surface area (Å²) in [6, 6.07) is 7.21. The monoisotopic (exact) mass is 237 g/mol. The van der Waals surface area contributed by atoms with E-state index in [2.05, 4.69) is 11.8 Å². The molecule has 94 valence electrons. The van der Waals surface area contributed by atoms with E-state index < -0.39 is 0 Å². The maximum absolute atomic E-state index is 13.8. The Morgan fingerprint density at radius 2 is 2.18 bits per heavy atom. The third-order valence-corrected chi connectivity index (χ3v) is 3.48. The highest BCUT2D eigenvalue weighted by atomic mass is 19.1. The van der Waals surface area contributed by atoms with E-state index >= 15 is 0 Å². The minimum atomic E-state index is -0.111. The Morgan fingerprint density at radius 3 is 2.88 bits per heavy atom. The van der Waals surface area contributed by atoms with Gasteiger partial charge in [0.2, 0.25) is 0 Å². The number of rotatable bonds is 4. The van der Waals surface area contributed by atoms with Crippen molar-refractivity contribution in [1.82, 2.24) is 4.90 Å². The molecule has 1 N–H and O–H groups in total. The highest BCUT2D eigenvalue weighted by Crippen LogP contribution is 2.36. The molecule has 0 saturated carbocycles. The number of hydrogen-bond acceptors (Lipinski definition) is 2. The van der Waals surface area contributed by atoms with Gasteiger partial charge in [-0.3, -0.25) is 4.90 Å². The topological polar surface area (TPSA) is 23.5 Å². The first-order chi connectivity index (χ1) is 8.22. The van der Waals surface area contributed by atoms with Crippen molar-refractivity contribution in [3.8, 4) is 0 Å². The first-order valence-corrected chi connectivity index (χ1v) is 6.31. The minimum absolute atomic E-state index is 0.111. The SMILES string of the molecule is CC1CC(c2ccccc2F)N(CCCO)C1. The summed E-state index contributed by atoms with van der Waals surface area (Å²) in [6.45, 7) is 4.25. The minimum Gasteiger partial charge on any atom is -0.396 e. The lowest BCUT2D eigenvalue weighted by Crippen LogP contribution is -2.26. The summed E-state index contributed by atoms with van der Waals surface area (Å²) >= 11 is 0. The van der Waals surface area contributed by atoms with Crippen LogP contribution in [0.5, 0.6) is 0 Å². The van der Waals surface area contributed by atoms with Crippen LogP contribution in [0.4, 0.5) is 4.39 Å². The first kappa shape index (κ1) is 12.5. The first-order valence-electron chi connectivity index (χ1n) is 6.31.